The second kappa shape index (κ2) is 8.90. The number of aromatic nitrogens is 3. The van der Waals surface area contributed by atoms with E-state index in [4.69, 9.17) is 5.73 Å². The number of nitrogen functional groups attached to an aromatic ring is 1. The molecule has 0 saturated carbocycles. The van der Waals surface area contributed by atoms with Crippen LogP contribution < -0.4 is 11.1 Å². The Morgan fingerprint density at radius 2 is 2.09 bits per heavy atom. The second-order valence-corrected chi connectivity index (χ2v) is 10.9. The third kappa shape index (κ3) is 4.81. The molecule has 176 valence electrons. The van der Waals surface area contributed by atoms with Gasteiger partial charge in [-0.05, 0) is 17.9 Å². The van der Waals surface area contributed by atoms with Crippen LogP contribution >= 0.6 is 23.1 Å². The molecule has 0 spiro atoms. The topological polar surface area (TPSA) is 117 Å². The van der Waals surface area contributed by atoms with E-state index in [-0.39, 0.29) is 28.8 Å². The fraction of sp³-hybridized carbons (Fsp3) is 0.429. The van der Waals surface area contributed by atoms with E-state index in [1.807, 2.05) is 20.8 Å². The number of nitrogens with one attached hydrogen (secondary N) is 1. The lowest BCUT2D eigenvalue weighted by Gasteiger charge is -2.37. The number of carbonyl (C=O) groups is 1. The summed E-state index contributed by atoms with van der Waals surface area (Å²) in [6.07, 6.45) is -0.340. The maximum Gasteiger partial charge on any atom is 0.407 e. The number of benzene rings is 1. The van der Waals surface area contributed by atoms with E-state index in [0.717, 1.165) is 17.8 Å². The van der Waals surface area contributed by atoms with Crippen LogP contribution in [0.15, 0.2) is 23.4 Å². The predicted octanol–water partition coefficient (Wildman–Crippen LogP) is 4.82. The molecule has 1 aliphatic heterocycles. The Balaban J connectivity index is 1.64. The molecule has 1 fully saturated rings. The number of rotatable bonds is 5. The number of thiazole rings is 1. The molecule has 0 radical (unpaired) electrons. The maximum absolute atomic E-state index is 14.0. The number of nitrogens with zero attached hydrogens (tertiary/aromatic N) is 4. The van der Waals surface area contributed by atoms with Crippen LogP contribution in [0.5, 0.6) is 0 Å². The van der Waals surface area contributed by atoms with Crippen LogP contribution in [-0.4, -0.2) is 49.7 Å². The minimum Gasteiger partial charge on any atom is -0.465 e. The van der Waals surface area contributed by atoms with Crippen LogP contribution in [0.2, 0.25) is 0 Å². The highest BCUT2D eigenvalue weighted by atomic mass is 32.2. The zero-order chi connectivity index (χ0) is 23.9. The number of hydrogen-bond acceptors (Lipinski definition) is 8. The predicted molar refractivity (Wildman–Crippen MR) is 126 cm³/mol. The number of halogens is 2. The molecule has 4 rings (SSSR count). The summed E-state index contributed by atoms with van der Waals surface area (Å²) in [4.78, 5) is 26.5. The summed E-state index contributed by atoms with van der Waals surface area (Å²) in [7, 11) is 0. The van der Waals surface area contributed by atoms with Crippen LogP contribution in [-0.2, 0) is 5.75 Å². The van der Waals surface area contributed by atoms with Gasteiger partial charge in [0.1, 0.15) is 4.70 Å². The molecule has 3 aromatic rings. The summed E-state index contributed by atoms with van der Waals surface area (Å²) in [5, 5.41) is 13.7. The smallest absolute Gasteiger partial charge is 0.407 e. The molecule has 1 amide bonds. The summed E-state index contributed by atoms with van der Waals surface area (Å²) >= 11 is 2.39. The average molecular weight is 495 g/mol. The Kier molecular flexibility index (Phi) is 6.32. The third-order valence-electron chi connectivity index (χ3n) is 5.49. The zero-order valence-corrected chi connectivity index (χ0v) is 19.9. The lowest BCUT2D eigenvalue weighted by atomic mass is 9.82. The summed E-state index contributed by atoms with van der Waals surface area (Å²) in [5.74, 6) is -1.16. The number of carboxylic acid groups (broad SMARTS) is 1. The van der Waals surface area contributed by atoms with E-state index in [1.165, 1.54) is 28.4 Å². The quantitative estimate of drug-likeness (QED) is 0.341. The van der Waals surface area contributed by atoms with Crippen molar-refractivity contribution in [3.05, 3.63) is 35.4 Å². The molecule has 0 aliphatic carbocycles. The van der Waals surface area contributed by atoms with Gasteiger partial charge >= 0.3 is 6.09 Å². The van der Waals surface area contributed by atoms with Crippen LogP contribution in [0.3, 0.4) is 0 Å². The molecule has 1 aromatic carbocycles. The molecule has 33 heavy (non-hydrogen) atoms. The van der Waals surface area contributed by atoms with Gasteiger partial charge in [-0.25, -0.2) is 28.5 Å². The summed E-state index contributed by atoms with van der Waals surface area (Å²) in [6.45, 7) is 6.42. The van der Waals surface area contributed by atoms with Crippen molar-refractivity contribution in [2.75, 3.05) is 17.6 Å². The van der Waals surface area contributed by atoms with Crippen LogP contribution in [0.1, 0.15) is 32.8 Å². The molecule has 4 N–H and O–H groups in total. The van der Waals surface area contributed by atoms with Crippen molar-refractivity contribution in [3.8, 4) is 0 Å². The van der Waals surface area contributed by atoms with Crippen molar-refractivity contribution >= 4 is 50.5 Å². The van der Waals surface area contributed by atoms with Gasteiger partial charge in [0.05, 0.1) is 12.1 Å². The molecule has 2 aromatic heterocycles. The van der Waals surface area contributed by atoms with Crippen molar-refractivity contribution in [3.63, 3.8) is 0 Å². The van der Waals surface area contributed by atoms with Crippen molar-refractivity contribution in [1.29, 1.82) is 0 Å². The maximum atomic E-state index is 14.0. The van der Waals surface area contributed by atoms with E-state index in [1.54, 1.807) is 0 Å². The van der Waals surface area contributed by atoms with E-state index in [2.05, 4.69) is 20.3 Å². The number of nitrogens with two attached hydrogens (primary N) is 1. The number of likely N-dealkylation sites (tertiary alicyclic amines) is 1. The number of fused-ring (bicyclic) bond motifs is 1. The van der Waals surface area contributed by atoms with E-state index < -0.39 is 17.7 Å². The molecule has 1 unspecified atom stereocenters. The first kappa shape index (κ1) is 23.4. The van der Waals surface area contributed by atoms with Gasteiger partial charge < -0.3 is 21.1 Å². The molecule has 12 heteroatoms. The average Bonchev–Trinajstić information content (AvgIpc) is 3.32. The summed E-state index contributed by atoms with van der Waals surface area (Å²) in [6, 6.07) is 3.58. The van der Waals surface area contributed by atoms with Crippen molar-refractivity contribution in [2.24, 2.45) is 5.41 Å². The van der Waals surface area contributed by atoms with E-state index in [0.29, 0.717) is 39.4 Å². The molecule has 2 atom stereocenters. The monoisotopic (exact) mass is 494 g/mol. The molecule has 0 bridgehead atoms. The molecule has 8 nitrogen and oxygen atoms in total. The first-order chi connectivity index (χ1) is 15.5. The Bertz CT molecular complexity index is 1200. The Labute approximate surface area is 197 Å². The number of amides is 1. The molecular formula is C21H24F2N6O2S2. The highest BCUT2D eigenvalue weighted by molar-refractivity contribution is 7.98. The van der Waals surface area contributed by atoms with Gasteiger partial charge in [-0.15, -0.1) is 0 Å². The second-order valence-electron chi connectivity index (χ2n) is 8.89. The Hall–Kier alpha value is -2.73. The van der Waals surface area contributed by atoms with Gasteiger partial charge in [0.2, 0.25) is 0 Å². The van der Waals surface area contributed by atoms with Crippen molar-refractivity contribution in [2.45, 2.75) is 50.2 Å². The van der Waals surface area contributed by atoms with Gasteiger partial charge in [-0.1, -0.05) is 56.0 Å². The first-order valence-corrected chi connectivity index (χ1v) is 12.1. The normalized spacial score (nSPS) is 18.8. The fourth-order valence-electron chi connectivity index (χ4n) is 4.19. The molecule has 1 saturated heterocycles. The minimum absolute atomic E-state index is 0.134. The van der Waals surface area contributed by atoms with Gasteiger partial charge in [-0.2, -0.15) is 0 Å². The first-order valence-electron chi connectivity index (χ1n) is 10.3. The fourth-order valence-corrected chi connectivity index (χ4v) is 5.73. The Morgan fingerprint density at radius 1 is 1.33 bits per heavy atom. The van der Waals surface area contributed by atoms with E-state index >= 15 is 0 Å². The summed E-state index contributed by atoms with van der Waals surface area (Å²) in [5.41, 5.74) is 6.20. The van der Waals surface area contributed by atoms with Crippen LogP contribution in [0.4, 0.5) is 24.5 Å². The van der Waals surface area contributed by atoms with Gasteiger partial charge in [0.15, 0.2) is 33.4 Å². The highest BCUT2D eigenvalue weighted by Gasteiger charge is 2.44. The lowest BCUT2D eigenvalue weighted by Crippen LogP contribution is -2.49. The van der Waals surface area contributed by atoms with Crippen LogP contribution in [0.25, 0.3) is 10.3 Å². The molecule has 3 heterocycles. The highest BCUT2D eigenvalue weighted by Crippen LogP contribution is 2.37. The number of thioether (sulfide) groups is 1. The minimum atomic E-state index is -0.956. The number of hydrogen-bond donors (Lipinski definition) is 3. The largest absolute Gasteiger partial charge is 0.465 e. The molecule has 1 aliphatic rings. The molecular weight excluding hydrogens is 470 g/mol. The van der Waals surface area contributed by atoms with Gasteiger partial charge in [-0.3, -0.25) is 0 Å². The van der Waals surface area contributed by atoms with Gasteiger partial charge in [0, 0.05) is 17.9 Å². The zero-order valence-electron chi connectivity index (χ0n) is 18.3. The lowest BCUT2D eigenvalue weighted by molar-refractivity contribution is 0.103. The van der Waals surface area contributed by atoms with Crippen molar-refractivity contribution in [1.82, 2.24) is 19.9 Å². The standard InChI is InChI=1S/C21H24F2N6O2S2/c1-21(2,3)15-12(7-8-29(15)20(30)31)25-16-14-17(26-18(24)33-14)28-19(27-16)32-9-10-5-4-6-11(22)13(10)23/h4-6,12,15H,7-9H2,1-3H3,(H,30,31)(H3,24,25,26,27,28)/t12-,15?/m1/s1. The SMILES string of the molecule is CC(C)(C)C1[C@H](Nc2nc(SCc3cccc(F)c3F)nc3nc(N)sc23)CCN1C(=O)O. The van der Waals surface area contributed by atoms with Crippen molar-refractivity contribution < 1.29 is 18.7 Å². The van der Waals surface area contributed by atoms with E-state index in [9.17, 15) is 18.7 Å². The Morgan fingerprint density at radius 3 is 2.79 bits per heavy atom. The third-order valence-corrected chi connectivity index (χ3v) is 7.27. The van der Waals surface area contributed by atoms with Crippen LogP contribution in [0, 0.1) is 17.0 Å². The van der Waals surface area contributed by atoms with Gasteiger partial charge in [0.25, 0.3) is 0 Å². The summed E-state index contributed by atoms with van der Waals surface area (Å²) < 4.78 is 28.2. The number of anilines is 2.